The number of benzene rings is 1. The fourth-order valence-electron chi connectivity index (χ4n) is 3.10. The van der Waals surface area contributed by atoms with E-state index in [1.54, 1.807) is 0 Å². The van der Waals surface area contributed by atoms with Crippen molar-refractivity contribution >= 4 is 17.9 Å². The van der Waals surface area contributed by atoms with Gasteiger partial charge < -0.3 is 26.2 Å². The van der Waals surface area contributed by atoms with Gasteiger partial charge in [-0.15, -0.1) is 0 Å². The Hall–Kier alpha value is -2.61. The van der Waals surface area contributed by atoms with E-state index in [4.69, 9.17) is 10.8 Å². The number of hydrogen-bond acceptors (Lipinski definition) is 4. The van der Waals surface area contributed by atoms with E-state index < -0.39 is 23.5 Å². The summed E-state index contributed by atoms with van der Waals surface area (Å²) < 4.78 is 0. The molecule has 1 aliphatic heterocycles. The molecular weight excluding hydrogens is 338 g/mol. The minimum atomic E-state index is -1.72. The summed E-state index contributed by atoms with van der Waals surface area (Å²) in [5, 5.41) is 22.0. The van der Waals surface area contributed by atoms with Gasteiger partial charge in [-0.3, -0.25) is 9.59 Å². The van der Waals surface area contributed by atoms with Crippen LogP contribution in [0.25, 0.3) is 0 Å². The van der Waals surface area contributed by atoms with Gasteiger partial charge in [-0.2, -0.15) is 0 Å². The number of carboxylic acids is 1. The first kappa shape index (κ1) is 19.7. The van der Waals surface area contributed by atoms with Gasteiger partial charge in [0.2, 0.25) is 0 Å². The zero-order valence-electron chi connectivity index (χ0n) is 14.6. The fourth-order valence-corrected chi connectivity index (χ4v) is 3.10. The van der Waals surface area contributed by atoms with Gasteiger partial charge >= 0.3 is 12.0 Å². The van der Waals surface area contributed by atoms with Crippen molar-refractivity contribution < 1.29 is 24.6 Å². The largest absolute Gasteiger partial charge is 0.481 e. The molecule has 1 aliphatic rings. The van der Waals surface area contributed by atoms with Crippen LogP contribution < -0.4 is 11.1 Å². The first-order valence-electron chi connectivity index (χ1n) is 8.63. The van der Waals surface area contributed by atoms with Crippen molar-refractivity contribution in [3.05, 3.63) is 35.9 Å². The van der Waals surface area contributed by atoms with Crippen molar-refractivity contribution in [3.8, 4) is 0 Å². The molecule has 1 heterocycles. The fraction of sp³-hybridized carbons (Fsp3) is 0.500. The monoisotopic (exact) mass is 363 g/mol. The van der Waals surface area contributed by atoms with Crippen LogP contribution in [0.1, 0.15) is 31.2 Å². The van der Waals surface area contributed by atoms with Crippen LogP contribution in [0.2, 0.25) is 0 Å². The Morgan fingerprint density at radius 1 is 1.27 bits per heavy atom. The molecule has 2 rings (SSSR count). The van der Waals surface area contributed by atoms with Crippen molar-refractivity contribution in [3.63, 3.8) is 0 Å². The number of carbonyl (C=O) groups excluding carboxylic acids is 2. The van der Waals surface area contributed by atoms with Crippen molar-refractivity contribution in [2.75, 3.05) is 13.1 Å². The number of nitrogens with one attached hydrogen (secondary N) is 1. The third-order valence-electron chi connectivity index (χ3n) is 4.58. The SMILES string of the molecule is NC(=O)C1(O)CCCN(C(=O)NC(CCC(=O)O)Cc2ccccc2)C1. The van der Waals surface area contributed by atoms with Gasteiger partial charge in [-0.05, 0) is 31.2 Å². The Morgan fingerprint density at radius 3 is 2.58 bits per heavy atom. The number of nitrogens with two attached hydrogens (primary N) is 1. The van der Waals surface area contributed by atoms with E-state index in [9.17, 15) is 19.5 Å². The molecule has 0 radical (unpaired) electrons. The van der Waals surface area contributed by atoms with Crippen molar-refractivity contribution in [2.24, 2.45) is 5.73 Å². The molecule has 0 bridgehead atoms. The maximum absolute atomic E-state index is 12.6. The van der Waals surface area contributed by atoms with E-state index in [-0.39, 0.29) is 31.8 Å². The number of piperidine rings is 1. The second-order valence-corrected chi connectivity index (χ2v) is 6.69. The number of carboxylic acid groups (broad SMARTS) is 1. The minimum absolute atomic E-state index is 0.0665. The average Bonchev–Trinajstić information content (AvgIpc) is 2.60. The molecule has 8 heteroatoms. The zero-order chi connectivity index (χ0) is 19.2. The summed E-state index contributed by atoms with van der Waals surface area (Å²) in [6, 6.07) is 8.65. The van der Waals surface area contributed by atoms with Crippen LogP contribution in [0, 0.1) is 0 Å². The van der Waals surface area contributed by atoms with Gasteiger partial charge in [0.15, 0.2) is 5.60 Å². The van der Waals surface area contributed by atoms with Gasteiger partial charge in [0.1, 0.15) is 0 Å². The van der Waals surface area contributed by atoms with Crippen LogP contribution in [-0.4, -0.2) is 57.8 Å². The van der Waals surface area contributed by atoms with Gasteiger partial charge in [0.25, 0.3) is 5.91 Å². The molecule has 0 aliphatic carbocycles. The number of aliphatic carboxylic acids is 1. The first-order chi connectivity index (χ1) is 12.3. The van der Waals surface area contributed by atoms with Crippen LogP contribution in [0.3, 0.4) is 0 Å². The topological polar surface area (TPSA) is 133 Å². The molecular formula is C18H25N3O5. The highest BCUT2D eigenvalue weighted by Gasteiger charge is 2.40. The normalized spacial score (nSPS) is 21.0. The number of β-amino-alcohol motifs (C(OH)–C–C–N with tert-alkyl or cyclic N) is 1. The van der Waals surface area contributed by atoms with Gasteiger partial charge in [-0.25, -0.2) is 4.79 Å². The molecule has 2 atom stereocenters. The van der Waals surface area contributed by atoms with Crippen molar-refractivity contribution in [1.29, 1.82) is 0 Å². The van der Waals surface area contributed by atoms with Crippen molar-refractivity contribution in [1.82, 2.24) is 10.2 Å². The molecule has 8 nitrogen and oxygen atoms in total. The van der Waals surface area contributed by atoms with Gasteiger partial charge in [-0.1, -0.05) is 30.3 Å². The van der Waals surface area contributed by atoms with Crippen molar-refractivity contribution in [2.45, 2.75) is 43.7 Å². The molecule has 1 aromatic rings. The zero-order valence-corrected chi connectivity index (χ0v) is 14.6. The standard InChI is InChI=1S/C18H25N3O5/c19-16(24)18(26)9-4-10-21(12-18)17(25)20-14(7-8-15(22)23)11-13-5-2-1-3-6-13/h1-3,5-6,14,26H,4,7-12H2,(H2,19,24)(H,20,25)(H,22,23). The van der Waals surface area contributed by atoms with Crippen LogP contribution in [-0.2, 0) is 16.0 Å². The second kappa shape index (κ2) is 8.66. The number of aliphatic hydroxyl groups is 1. The minimum Gasteiger partial charge on any atom is -0.481 e. The predicted octanol–water partition coefficient (Wildman–Crippen LogP) is 0.484. The summed E-state index contributed by atoms with van der Waals surface area (Å²) in [6.45, 7) is 0.240. The Labute approximate surface area is 152 Å². The Bertz CT molecular complexity index is 651. The smallest absolute Gasteiger partial charge is 0.317 e. The summed E-state index contributed by atoms with van der Waals surface area (Å²) >= 11 is 0. The van der Waals surface area contributed by atoms with Crippen LogP contribution in [0.5, 0.6) is 0 Å². The molecule has 0 spiro atoms. The third kappa shape index (κ3) is 5.45. The highest BCUT2D eigenvalue weighted by Crippen LogP contribution is 2.21. The van der Waals surface area contributed by atoms with E-state index in [1.165, 1.54) is 4.90 Å². The molecule has 1 fully saturated rings. The van der Waals surface area contributed by atoms with Gasteiger partial charge in [0, 0.05) is 19.0 Å². The highest BCUT2D eigenvalue weighted by molar-refractivity contribution is 5.85. The summed E-state index contributed by atoms with van der Waals surface area (Å²) in [5.74, 6) is -1.78. The Balaban J connectivity index is 2.02. The number of amides is 3. The third-order valence-corrected chi connectivity index (χ3v) is 4.58. The van der Waals surface area contributed by atoms with Crippen LogP contribution in [0.4, 0.5) is 4.79 Å². The molecule has 3 amide bonds. The predicted molar refractivity (Wildman–Crippen MR) is 94.3 cm³/mol. The Kier molecular flexibility index (Phi) is 6.57. The van der Waals surface area contributed by atoms with E-state index in [2.05, 4.69) is 5.32 Å². The molecule has 1 saturated heterocycles. The summed E-state index contributed by atoms with van der Waals surface area (Å²) in [5.41, 5.74) is 4.50. The van der Waals surface area contributed by atoms with E-state index in [0.717, 1.165) is 5.56 Å². The number of likely N-dealkylation sites (tertiary alicyclic amines) is 1. The Morgan fingerprint density at radius 2 is 1.96 bits per heavy atom. The number of primary amides is 1. The molecule has 1 aromatic carbocycles. The summed E-state index contributed by atoms with van der Waals surface area (Å²) in [4.78, 5) is 36.2. The number of urea groups is 1. The summed E-state index contributed by atoms with van der Waals surface area (Å²) in [6.07, 6.45) is 1.39. The lowest BCUT2D eigenvalue weighted by atomic mass is 9.92. The lowest BCUT2D eigenvalue weighted by Gasteiger charge is -2.37. The maximum Gasteiger partial charge on any atom is 0.317 e. The molecule has 2 unspecified atom stereocenters. The maximum atomic E-state index is 12.6. The van der Waals surface area contributed by atoms with Crippen LogP contribution >= 0.6 is 0 Å². The lowest BCUT2D eigenvalue weighted by Crippen LogP contribution is -2.59. The number of carbonyl (C=O) groups is 3. The molecule has 26 heavy (non-hydrogen) atoms. The molecule has 5 N–H and O–H groups in total. The molecule has 0 aromatic heterocycles. The molecule has 0 saturated carbocycles. The average molecular weight is 363 g/mol. The lowest BCUT2D eigenvalue weighted by molar-refractivity contribution is -0.140. The van der Waals surface area contributed by atoms with E-state index >= 15 is 0 Å². The quantitative estimate of drug-likeness (QED) is 0.559. The second-order valence-electron chi connectivity index (χ2n) is 6.69. The first-order valence-corrected chi connectivity index (χ1v) is 8.63. The van der Waals surface area contributed by atoms with E-state index in [0.29, 0.717) is 19.4 Å². The van der Waals surface area contributed by atoms with E-state index in [1.807, 2.05) is 30.3 Å². The summed E-state index contributed by atoms with van der Waals surface area (Å²) in [7, 11) is 0. The molecule has 142 valence electrons. The number of rotatable bonds is 7. The number of hydrogen-bond donors (Lipinski definition) is 4. The van der Waals surface area contributed by atoms with Crippen LogP contribution in [0.15, 0.2) is 30.3 Å². The van der Waals surface area contributed by atoms with Gasteiger partial charge in [0.05, 0.1) is 6.54 Å². The highest BCUT2D eigenvalue weighted by atomic mass is 16.4. The number of nitrogens with zero attached hydrogens (tertiary/aromatic N) is 1.